The summed E-state index contributed by atoms with van der Waals surface area (Å²) in [6.45, 7) is 1.89. The molecule has 2 aromatic rings. The summed E-state index contributed by atoms with van der Waals surface area (Å²) in [6.07, 6.45) is 0. The van der Waals surface area contributed by atoms with Gasteiger partial charge in [-0.25, -0.2) is 0 Å². The number of methoxy groups -OCH3 is 2. The number of hydrogen-bond donors (Lipinski definition) is 2. The maximum atomic E-state index is 12.2. The number of anilines is 2. The zero-order valence-electron chi connectivity index (χ0n) is 12.3. The van der Waals surface area contributed by atoms with Crippen LogP contribution in [0.3, 0.4) is 0 Å². The van der Waals surface area contributed by atoms with E-state index in [-0.39, 0.29) is 5.91 Å². The monoisotopic (exact) mass is 286 g/mol. The van der Waals surface area contributed by atoms with Gasteiger partial charge in [-0.2, -0.15) is 0 Å². The Morgan fingerprint density at radius 1 is 1.05 bits per heavy atom. The van der Waals surface area contributed by atoms with Crippen molar-refractivity contribution in [1.29, 1.82) is 0 Å². The van der Waals surface area contributed by atoms with Crippen LogP contribution < -0.4 is 20.5 Å². The second kappa shape index (κ2) is 6.17. The van der Waals surface area contributed by atoms with Gasteiger partial charge in [0, 0.05) is 16.9 Å². The lowest BCUT2D eigenvalue weighted by molar-refractivity contribution is 0.102. The van der Waals surface area contributed by atoms with Gasteiger partial charge >= 0.3 is 0 Å². The van der Waals surface area contributed by atoms with E-state index < -0.39 is 0 Å². The van der Waals surface area contributed by atoms with Gasteiger partial charge < -0.3 is 20.5 Å². The molecule has 0 radical (unpaired) electrons. The summed E-state index contributed by atoms with van der Waals surface area (Å²) in [4.78, 5) is 12.2. The molecule has 0 heterocycles. The first-order valence-corrected chi connectivity index (χ1v) is 6.44. The van der Waals surface area contributed by atoms with Crippen LogP contribution in [-0.2, 0) is 0 Å². The van der Waals surface area contributed by atoms with Crippen LogP contribution in [0.1, 0.15) is 15.9 Å². The predicted molar refractivity (Wildman–Crippen MR) is 83.1 cm³/mol. The third-order valence-electron chi connectivity index (χ3n) is 3.17. The SMILES string of the molecule is COc1ccc(C(=O)Nc2ccc(N)c(C)c2)cc1OC. The highest BCUT2D eigenvalue weighted by molar-refractivity contribution is 6.04. The van der Waals surface area contributed by atoms with Gasteiger partial charge in [-0.05, 0) is 48.9 Å². The Kier molecular flexibility index (Phi) is 4.33. The van der Waals surface area contributed by atoms with E-state index in [0.717, 1.165) is 5.56 Å². The molecule has 0 bridgehead atoms. The third kappa shape index (κ3) is 3.25. The van der Waals surface area contributed by atoms with Gasteiger partial charge in [-0.1, -0.05) is 0 Å². The quantitative estimate of drug-likeness (QED) is 0.848. The molecular weight excluding hydrogens is 268 g/mol. The lowest BCUT2D eigenvalue weighted by Gasteiger charge is -2.10. The first-order chi connectivity index (χ1) is 10.0. The van der Waals surface area contributed by atoms with Crippen molar-refractivity contribution in [2.45, 2.75) is 6.92 Å². The summed E-state index contributed by atoms with van der Waals surface area (Å²) in [5.74, 6) is 0.871. The number of carbonyl (C=O) groups is 1. The van der Waals surface area contributed by atoms with Gasteiger partial charge in [0.1, 0.15) is 0 Å². The first-order valence-electron chi connectivity index (χ1n) is 6.44. The summed E-state index contributed by atoms with van der Waals surface area (Å²) in [7, 11) is 3.08. The molecule has 0 saturated carbocycles. The first kappa shape index (κ1) is 14.7. The number of nitrogens with one attached hydrogen (secondary N) is 1. The van der Waals surface area contributed by atoms with Crippen LogP contribution in [0.15, 0.2) is 36.4 Å². The molecule has 2 aromatic carbocycles. The molecular formula is C16H18N2O3. The van der Waals surface area contributed by atoms with Crippen LogP contribution >= 0.6 is 0 Å². The molecule has 0 unspecified atom stereocenters. The van der Waals surface area contributed by atoms with Crippen molar-refractivity contribution in [3.05, 3.63) is 47.5 Å². The minimum Gasteiger partial charge on any atom is -0.493 e. The van der Waals surface area contributed by atoms with Crippen LogP contribution in [0.4, 0.5) is 11.4 Å². The Hall–Kier alpha value is -2.69. The molecule has 0 aliphatic rings. The number of hydrogen-bond acceptors (Lipinski definition) is 4. The Balaban J connectivity index is 2.21. The minimum absolute atomic E-state index is 0.222. The summed E-state index contributed by atoms with van der Waals surface area (Å²) in [5, 5.41) is 2.82. The topological polar surface area (TPSA) is 73.6 Å². The second-order valence-electron chi connectivity index (χ2n) is 4.60. The average molecular weight is 286 g/mol. The fourth-order valence-electron chi connectivity index (χ4n) is 1.93. The zero-order valence-corrected chi connectivity index (χ0v) is 12.3. The van der Waals surface area contributed by atoms with E-state index in [2.05, 4.69) is 5.32 Å². The molecule has 0 atom stereocenters. The van der Waals surface area contributed by atoms with Crippen LogP contribution in [0, 0.1) is 6.92 Å². The van der Waals surface area contributed by atoms with Gasteiger partial charge in [-0.15, -0.1) is 0 Å². The van der Waals surface area contributed by atoms with E-state index in [4.69, 9.17) is 15.2 Å². The lowest BCUT2D eigenvalue weighted by atomic mass is 10.1. The Bertz CT molecular complexity index is 669. The van der Waals surface area contributed by atoms with E-state index >= 15 is 0 Å². The van der Waals surface area contributed by atoms with Crippen LogP contribution in [0.5, 0.6) is 11.5 Å². The lowest BCUT2D eigenvalue weighted by Crippen LogP contribution is -2.12. The number of carbonyl (C=O) groups excluding carboxylic acids is 1. The number of rotatable bonds is 4. The number of benzene rings is 2. The van der Waals surface area contributed by atoms with Crippen molar-refractivity contribution in [2.24, 2.45) is 0 Å². The van der Waals surface area contributed by atoms with E-state index in [1.807, 2.05) is 13.0 Å². The van der Waals surface area contributed by atoms with E-state index in [0.29, 0.717) is 28.4 Å². The zero-order chi connectivity index (χ0) is 15.4. The van der Waals surface area contributed by atoms with E-state index in [9.17, 15) is 4.79 Å². The fraction of sp³-hybridized carbons (Fsp3) is 0.188. The summed E-state index contributed by atoms with van der Waals surface area (Å²) >= 11 is 0. The Morgan fingerprint density at radius 3 is 2.38 bits per heavy atom. The third-order valence-corrected chi connectivity index (χ3v) is 3.17. The van der Waals surface area contributed by atoms with Gasteiger partial charge in [0.25, 0.3) is 5.91 Å². The average Bonchev–Trinajstić information content (AvgIpc) is 2.50. The van der Waals surface area contributed by atoms with E-state index in [1.54, 1.807) is 37.4 Å². The second-order valence-corrected chi connectivity index (χ2v) is 4.60. The van der Waals surface area contributed by atoms with Crippen molar-refractivity contribution >= 4 is 17.3 Å². The highest BCUT2D eigenvalue weighted by Gasteiger charge is 2.11. The smallest absolute Gasteiger partial charge is 0.255 e. The summed E-state index contributed by atoms with van der Waals surface area (Å²) < 4.78 is 10.3. The molecule has 5 nitrogen and oxygen atoms in total. The van der Waals surface area contributed by atoms with Crippen molar-refractivity contribution in [1.82, 2.24) is 0 Å². The number of aryl methyl sites for hydroxylation is 1. The molecule has 2 rings (SSSR count). The maximum Gasteiger partial charge on any atom is 0.255 e. The summed E-state index contributed by atoms with van der Waals surface area (Å²) in [5.41, 5.74) is 8.55. The van der Waals surface area contributed by atoms with Gasteiger partial charge in [0.05, 0.1) is 14.2 Å². The molecule has 0 aromatic heterocycles. The summed E-state index contributed by atoms with van der Waals surface area (Å²) in [6, 6.07) is 10.4. The molecule has 0 spiro atoms. The normalized spacial score (nSPS) is 10.0. The molecule has 21 heavy (non-hydrogen) atoms. The number of ether oxygens (including phenoxy) is 2. The predicted octanol–water partition coefficient (Wildman–Crippen LogP) is 2.85. The van der Waals surface area contributed by atoms with Crippen LogP contribution in [-0.4, -0.2) is 20.1 Å². The van der Waals surface area contributed by atoms with Gasteiger partial charge in [0.2, 0.25) is 0 Å². The molecule has 0 saturated heterocycles. The number of nitrogens with two attached hydrogens (primary N) is 1. The molecule has 3 N–H and O–H groups in total. The molecule has 5 heteroatoms. The Labute approximate surface area is 123 Å². The van der Waals surface area contributed by atoms with Crippen molar-refractivity contribution in [2.75, 3.05) is 25.3 Å². The largest absolute Gasteiger partial charge is 0.493 e. The highest BCUT2D eigenvalue weighted by Crippen LogP contribution is 2.28. The van der Waals surface area contributed by atoms with Gasteiger partial charge in [0.15, 0.2) is 11.5 Å². The van der Waals surface area contributed by atoms with Crippen molar-refractivity contribution < 1.29 is 14.3 Å². The molecule has 0 fully saturated rings. The standard InChI is InChI=1S/C16H18N2O3/c1-10-8-12(5-6-13(10)17)18-16(19)11-4-7-14(20-2)15(9-11)21-3/h4-9H,17H2,1-3H3,(H,18,19). The van der Waals surface area contributed by atoms with Crippen LogP contribution in [0.2, 0.25) is 0 Å². The highest BCUT2D eigenvalue weighted by atomic mass is 16.5. The van der Waals surface area contributed by atoms with E-state index in [1.165, 1.54) is 7.11 Å². The molecule has 0 aliphatic carbocycles. The number of nitrogen functional groups attached to an aromatic ring is 1. The Morgan fingerprint density at radius 2 is 1.76 bits per heavy atom. The molecule has 110 valence electrons. The van der Waals surface area contributed by atoms with Crippen LogP contribution in [0.25, 0.3) is 0 Å². The van der Waals surface area contributed by atoms with Crippen molar-refractivity contribution in [3.63, 3.8) is 0 Å². The fourth-order valence-corrected chi connectivity index (χ4v) is 1.93. The maximum absolute atomic E-state index is 12.2. The molecule has 1 amide bonds. The molecule has 0 aliphatic heterocycles. The van der Waals surface area contributed by atoms with Crippen molar-refractivity contribution in [3.8, 4) is 11.5 Å². The number of amides is 1. The van der Waals surface area contributed by atoms with Gasteiger partial charge in [-0.3, -0.25) is 4.79 Å². The minimum atomic E-state index is -0.222.